The molecule has 0 unspecified atom stereocenters. The van der Waals surface area contributed by atoms with E-state index in [2.05, 4.69) is 11.4 Å². The molecule has 0 saturated heterocycles. The summed E-state index contributed by atoms with van der Waals surface area (Å²) in [5, 5.41) is 22.0. The third-order valence-electron chi connectivity index (χ3n) is 3.37. The van der Waals surface area contributed by atoms with Crippen LogP contribution in [0.25, 0.3) is 0 Å². The lowest BCUT2D eigenvalue weighted by molar-refractivity contribution is 0.144. The van der Waals surface area contributed by atoms with Gasteiger partial charge in [-0.15, -0.1) is 11.8 Å². The minimum atomic E-state index is -0.206. The summed E-state index contributed by atoms with van der Waals surface area (Å²) in [4.78, 5) is 0.977. The molecule has 1 aliphatic rings. The Morgan fingerprint density at radius 2 is 2.29 bits per heavy atom. The van der Waals surface area contributed by atoms with Crippen molar-refractivity contribution < 1.29 is 5.11 Å². The van der Waals surface area contributed by atoms with E-state index < -0.39 is 0 Å². The zero-order chi connectivity index (χ0) is 12.3. The van der Waals surface area contributed by atoms with E-state index >= 15 is 0 Å². The number of aliphatic hydroxyl groups is 1. The first-order valence-electron chi connectivity index (χ1n) is 5.71. The Balaban J connectivity index is 2.30. The molecule has 0 aromatic heterocycles. The summed E-state index contributed by atoms with van der Waals surface area (Å²) in [6.45, 7) is 0.126. The van der Waals surface area contributed by atoms with Crippen LogP contribution in [0.1, 0.15) is 24.8 Å². The highest BCUT2D eigenvalue weighted by Crippen LogP contribution is 2.37. The van der Waals surface area contributed by atoms with Crippen LogP contribution in [0.5, 0.6) is 0 Å². The topological polar surface area (TPSA) is 56.0 Å². The normalized spacial score (nSPS) is 17.0. The molecule has 1 fully saturated rings. The van der Waals surface area contributed by atoms with Crippen LogP contribution in [-0.4, -0.2) is 23.5 Å². The van der Waals surface area contributed by atoms with Crippen molar-refractivity contribution in [3.63, 3.8) is 0 Å². The highest BCUT2D eigenvalue weighted by Gasteiger charge is 2.36. The summed E-state index contributed by atoms with van der Waals surface area (Å²) in [5.74, 6) is 0. The Bertz CT molecular complexity index is 444. The van der Waals surface area contributed by atoms with E-state index in [1.54, 1.807) is 11.8 Å². The monoisotopic (exact) mass is 248 g/mol. The fourth-order valence-electron chi connectivity index (χ4n) is 2.13. The molecule has 1 saturated carbocycles. The van der Waals surface area contributed by atoms with E-state index in [0.717, 1.165) is 29.8 Å². The molecular formula is C13H16N2OS. The summed E-state index contributed by atoms with van der Waals surface area (Å²) >= 11 is 1.57. The first-order valence-corrected chi connectivity index (χ1v) is 6.93. The van der Waals surface area contributed by atoms with Crippen LogP contribution in [0.15, 0.2) is 23.1 Å². The molecule has 2 N–H and O–H groups in total. The summed E-state index contributed by atoms with van der Waals surface area (Å²) < 4.78 is 0. The van der Waals surface area contributed by atoms with Gasteiger partial charge in [0.1, 0.15) is 6.07 Å². The van der Waals surface area contributed by atoms with Crippen molar-refractivity contribution in [1.29, 1.82) is 5.26 Å². The largest absolute Gasteiger partial charge is 0.394 e. The van der Waals surface area contributed by atoms with E-state index in [1.807, 2.05) is 24.5 Å². The summed E-state index contributed by atoms with van der Waals surface area (Å²) in [7, 11) is 0. The first-order chi connectivity index (χ1) is 8.24. The van der Waals surface area contributed by atoms with Crippen molar-refractivity contribution in [2.45, 2.75) is 29.7 Å². The second-order valence-electron chi connectivity index (χ2n) is 4.41. The van der Waals surface area contributed by atoms with Crippen LogP contribution in [0.2, 0.25) is 0 Å². The van der Waals surface area contributed by atoms with Crippen LogP contribution in [0.4, 0.5) is 5.69 Å². The Morgan fingerprint density at radius 3 is 2.76 bits per heavy atom. The van der Waals surface area contributed by atoms with Crippen molar-refractivity contribution >= 4 is 17.4 Å². The van der Waals surface area contributed by atoms with Gasteiger partial charge in [-0.25, -0.2) is 0 Å². The molecule has 0 spiro atoms. The van der Waals surface area contributed by atoms with E-state index in [0.29, 0.717) is 5.56 Å². The first kappa shape index (κ1) is 12.3. The molecule has 0 heterocycles. The Labute approximate surface area is 106 Å². The van der Waals surface area contributed by atoms with E-state index in [1.165, 1.54) is 0 Å². The van der Waals surface area contributed by atoms with Crippen molar-refractivity contribution in [3.8, 4) is 6.07 Å². The second kappa shape index (κ2) is 4.99. The minimum absolute atomic E-state index is 0.126. The lowest BCUT2D eigenvalue weighted by Crippen LogP contribution is -2.48. The summed E-state index contributed by atoms with van der Waals surface area (Å²) in [6.07, 6.45) is 5.04. The van der Waals surface area contributed by atoms with Gasteiger partial charge in [-0.2, -0.15) is 5.26 Å². The third kappa shape index (κ3) is 2.26. The Kier molecular flexibility index (Phi) is 3.60. The molecule has 0 radical (unpaired) electrons. The van der Waals surface area contributed by atoms with E-state index in [-0.39, 0.29) is 12.1 Å². The van der Waals surface area contributed by atoms with Crippen LogP contribution in [-0.2, 0) is 0 Å². The fraction of sp³-hybridized carbons (Fsp3) is 0.462. The Morgan fingerprint density at radius 1 is 1.53 bits per heavy atom. The van der Waals surface area contributed by atoms with Gasteiger partial charge < -0.3 is 10.4 Å². The maximum absolute atomic E-state index is 9.44. The van der Waals surface area contributed by atoms with Gasteiger partial charge in [0.2, 0.25) is 0 Å². The number of hydrogen-bond donors (Lipinski definition) is 2. The van der Waals surface area contributed by atoms with Crippen LogP contribution in [0, 0.1) is 11.3 Å². The molecule has 0 atom stereocenters. The smallest absolute Gasteiger partial charge is 0.102 e. The third-order valence-corrected chi connectivity index (χ3v) is 4.15. The SMILES string of the molecule is CSc1cccc(NC2(CO)CCC2)c1C#N. The number of rotatable bonds is 4. The molecule has 4 heteroatoms. The molecule has 0 aliphatic heterocycles. The van der Waals surface area contributed by atoms with Gasteiger partial charge in [-0.1, -0.05) is 6.07 Å². The van der Waals surface area contributed by atoms with E-state index in [9.17, 15) is 10.4 Å². The molecule has 2 rings (SSSR count). The average Bonchev–Trinajstić information content (AvgIpc) is 2.33. The molecule has 1 aromatic carbocycles. The molecule has 90 valence electrons. The van der Waals surface area contributed by atoms with Gasteiger partial charge in [-0.3, -0.25) is 0 Å². The Hall–Kier alpha value is -1.18. The minimum Gasteiger partial charge on any atom is -0.394 e. The van der Waals surface area contributed by atoms with Gasteiger partial charge in [0.05, 0.1) is 23.4 Å². The van der Waals surface area contributed by atoms with Gasteiger partial charge in [-0.05, 0) is 37.7 Å². The standard InChI is InChI=1S/C13H16N2OS/c1-17-12-5-2-4-11(10(12)8-14)15-13(9-16)6-3-7-13/h2,4-5,15-16H,3,6-7,9H2,1H3. The van der Waals surface area contributed by atoms with Gasteiger partial charge in [0.25, 0.3) is 0 Å². The van der Waals surface area contributed by atoms with Crippen LogP contribution in [0.3, 0.4) is 0 Å². The number of nitrogens with zero attached hydrogens (tertiary/aromatic N) is 1. The second-order valence-corrected chi connectivity index (χ2v) is 5.26. The summed E-state index contributed by atoms with van der Waals surface area (Å²) in [5.41, 5.74) is 1.32. The number of nitrogens with one attached hydrogen (secondary N) is 1. The maximum Gasteiger partial charge on any atom is 0.102 e. The van der Waals surface area contributed by atoms with Gasteiger partial charge in [0, 0.05) is 4.90 Å². The van der Waals surface area contributed by atoms with Crippen molar-refractivity contribution in [1.82, 2.24) is 0 Å². The van der Waals surface area contributed by atoms with Crippen molar-refractivity contribution in [2.24, 2.45) is 0 Å². The van der Waals surface area contributed by atoms with E-state index in [4.69, 9.17) is 0 Å². The van der Waals surface area contributed by atoms with Crippen LogP contribution < -0.4 is 5.32 Å². The fourth-order valence-corrected chi connectivity index (χ4v) is 2.71. The highest BCUT2D eigenvalue weighted by molar-refractivity contribution is 7.98. The molecule has 1 aromatic rings. The predicted octanol–water partition coefficient (Wildman–Crippen LogP) is 2.61. The zero-order valence-electron chi connectivity index (χ0n) is 9.86. The number of thioether (sulfide) groups is 1. The van der Waals surface area contributed by atoms with Crippen molar-refractivity contribution in [2.75, 3.05) is 18.2 Å². The number of nitriles is 1. The number of benzene rings is 1. The lowest BCUT2D eigenvalue weighted by atomic mass is 9.77. The van der Waals surface area contributed by atoms with Crippen LogP contribution >= 0.6 is 11.8 Å². The lowest BCUT2D eigenvalue weighted by Gasteiger charge is -2.42. The molecular weight excluding hydrogens is 232 g/mol. The molecule has 1 aliphatic carbocycles. The molecule has 0 bridgehead atoms. The molecule has 17 heavy (non-hydrogen) atoms. The zero-order valence-corrected chi connectivity index (χ0v) is 10.7. The maximum atomic E-state index is 9.44. The van der Waals surface area contributed by atoms with Gasteiger partial charge in [0.15, 0.2) is 0 Å². The quantitative estimate of drug-likeness (QED) is 0.804. The number of anilines is 1. The number of hydrogen-bond acceptors (Lipinski definition) is 4. The molecule has 3 nitrogen and oxygen atoms in total. The number of aliphatic hydroxyl groups excluding tert-OH is 1. The van der Waals surface area contributed by atoms with Crippen molar-refractivity contribution in [3.05, 3.63) is 23.8 Å². The summed E-state index contributed by atoms with van der Waals surface area (Å²) in [6, 6.07) is 8.04. The molecule has 0 amide bonds. The average molecular weight is 248 g/mol. The van der Waals surface area contributed by atoms with Gasteiger partial charge >= 0.3 is 0 Å². The predicted molar refractivity (Wildman–Crippen MR) is 70.2 cm³/mol. The highest BCUT2D eigenvalue weighted by atomic mass is 32.2.